The predicted molar refractivity (Wildman–Crippen MR) is 98.6 cm³/mol. The molecule has 4 heteroatoms. The zero-order valence-electron chi connectivity index (χ0n) is 13.6. The summed E-state index contributed by atoms with van der Waals surface area (Å²) in [7, 11) is 0. The van der Waals surface area contributed by atoms with Crippen molar-refractivity contribution in [3.63, 3.8) is 0 Å². The molecule has 3 aromatic rings. The van der Waals surface area contributed by atoms with Gasteiger partial charge in [0.1, 0.15) is 5.75 Å². The lowest BCUT2D eigenvalue weighted by atomic mass is 10.0. The van der Waals surface area contributed by atoms with Gasteiger partial charge in [-0.2, -0.15) is 5.10 Å². The predicted octanol–water partition coefficient (Wildman–Crippen LogP) is 3.80. The average Bonchev–Trinajstić information content (AvgIpc) is 3.45. The first kappa shape index (κ1) is 15.4. The van der Waals surface area contributed by atoms with Crippen molar-refractivity contribution in [2.24, 2.45) is 11.0 Å². The van der Waals surface area contributed by atoms with Gasteiger partial charge >= 0.3 is 0 Å². The van der Waals surface area contributed by atoms with Crippen LogP contribution < -0.4 is 5.43 Å². The number of nitrogens with one attached hydrogen (secondary N) is 1. The van der Waals surface area contributed by atoms with Crippen molar-refractivity contribution in [2.45, 2.75) is 12.3 Å². The normalized spacial score (nSPS) is 19.2. The molecule has 2 atom stereocenters. The highest BCUT2D eigenvalue weighted by atomic mass is 16.3. The second-order valence-electron chi connectivity index (χ2n) is 6.31. The van der Waals surface area contributed by atoms with E-state index in [1.165, 1.54) is 11.8 Å². The maximum Gasteiger partial charge on any atom is 0.243 e. The number of nitrogens with zero attached hydrogens (tertiary/aromatic N) is 1. The lowest BCUT2D eigenvalue weighted by molar-refractivity contribution is -0.122. The van der Waals surface area contributed by atoms with E-state index in [1.54, 1.807) is 6.07 Å². The molecule has 1 amide bonds. The Hall–Kier alpha value is -3.14. The van der Waals surface area contributed by atoms with Crippen LogP contribution in [-0.2, 0) is 4.79 Å². The average molecular weight is 330 g/mol. The second-order valence-corrected chi connectivity index (χ2v) is 6.31. The zero-order valence-corrected chi connectivity index (χ0v) is 13.6. The van der Waals surface area contributed by atoms with Crippen LogP contribution in [0.2, 0.25) is 0 Å². The second kappa shape index (κ2) is 6.40. The fraction of sp³-hybridized carbons (Fsp3) is 0.143. The van der Waals surface area contributed by atoms with Crippen LogP contribution >= 0.6 is 0 Å². The van der Waals surface area contributed by atoms with Gasteiger partial charge in [-0.25, -0.2) is 5.43 Å². The Balaban J connectivity index is 1.46. The first-order valence-electron chi connectivity index (χ1n) is 8.32. The summed E-state index contributed by atoms with van der Waals surface area (Å²) in [6.07, 6.45) is 2.36. The maximum absolute atomic E-state index is 12.2. The minimum atomic E-state index is -0.0789. The maximum atomic E-state index is 12.2. The number of carbonyl (C=O) groups is 1. The molecule has 3 aromatic carbocycles. The number of hydrogen-bond donors (Lipinski definition) is 2. The fourth-order valence-electron chi connectivity index (χ4n) is 3.22. The quantitative estimate of drug-likeness (QED) is 0.564. The number of phenolic OH excluding ortho intramolecular Hbond substituents is 1. The molecule has 1 fully saturated rings. The van der Waals surface area contributed by atoms with Gasteiger partial charge in [-0.15, -0.1) is 0 Å². The highest BCUT2D eigenvalue weighted by Crippen LogP contribution is 2.47. The minimum Gasteiger partial charge on any atom is -0.507 e. The van der Waals surface area contributed by atoms with Crippen LogP contribution in [-0.4, -0.2) is 17.2 Å². The molecule has 2 N–H and O–H groups in total. The Bertz CT molecular complexity index is 951. The molecule has 4 rings (SSSR count). The standard InChI is InChI=1S/C21H18N2O2/c24-20-11-10-15-8-4-5-9-16(15)19(20)13-22-23-21(25)18-12-17(18)14-6-2-1-3-7-14/h1-11,13,17-18,24H,12H2,(H,23,25)/b22-13+/t17-,18-/m0/s1. The molecule has 0 heterocycles. The van der Waals surface area contributed by atoms with E-state index in [9.17, 15) is 9.90 Å². The van der Waals surface area contributed by atoms with E-state index in [0.717, 1.165) is 17.2 Å². The third-order valence-corrected chi connectivity index (χ3v) is 4.67. The van der Waals surface area contributed by atoms with Gasteiger partial charge in [-0.3, -0.25) is 4.79 Å². The summed E-state index contributed by atoms with van der Waals surface area (Å²) >= 11 is 0. The molecule has 0 aliphatic heterocycles. The van der Waals surface area contributed by atoms with E-state index in [0.29, 0.717) is 5.56 Å². The Morgan fingerprint density at radius 2 is 1.80 bits per heavy atom. The van der Waals surface area contributed by atoms with Crippen LogP contribution in [0, 0.1) is 5.92 Å². The third-order valence-electron chi connectivity index (χ3n) is 4.67. The van der Waals surface area contributed by atoms with Crippen LogP contribution in [0.4, 0.5) is 0 Å². The molecule has 4 nitrogen and oxygen atoms in total. The molecule has 25 heavy (non-hydrogen) atoms. The van der Waals surface area contributed by atoms with Crippen LogP contribution in [0.25, 0.3) is 10.8 Å². The zero-order chi connectivity index (χ0) is 17.2. The number of rotatable bonds is 4. The topological polar surface area (TPSA) is 61.7 Å². The molecular formula is C21H18N2O2. The molecule has 0 unspecified atom stereocenters. The van der Waals surface area contributed by atoms with Gasteiger partial charge in [0.2, 0.25) is 5.91 Å². The highest BCUT2D eigenvalue weighted by Gasteiger charge is 2.43. The van der Waals surface area contributed by atoms with Crippen molar-refractivity contribution in [3.05, 3.63) is 77.9 Å². The molecule has 1 aliphatic carbocycles. The van der Waals surface area contributed by atoms with Crippen LogP contribution in [0.15, 0.2) is 71.8 Å². The lowest BCUT2D eigenvalue weighted by Crippen LogP contribution is -2.20. The summed E-state index contributed by atoms with van der Waals surface area (Å²) < 4.78 is 0. The largest absolute Gasteiger partial charge is 0.507 e. The molecule has 1 aliphatic rings. The summed E-state index contributed by atoms with van der Waals surface area (Å²) in [6, 6.07) is 21.3. The molecule has 0 spiro atoms. The number of carbonyl (C=O) groups excluding carboxylic acids is 1. The Morgan fingerprint density at radius 1 is 1.04 bits per heavy atom. The van der Waals surface area contributed by atoms with E-state index in [1.807, 2.05) is 48.5 Å². The van der Waals surface area contributed by atoms with Crippen molar-refractivity contribution < 1.29 is 9.90 Å². The van der Waals surface area contributed by atoms with Gasteiger partial charge in [0.25, 0.3) is 0 Å². The van der Waals surface area contributed by atoms with Crippen LogP contribution in [0.5, 0.6) is 5.75 Å². The molecule has 1 saturated carbocycles. The Morgan fingerprint density at radius 3 is 2.64 bits per heavy atom. The summed E-state index contributed by atoms with van der Waals surface area (Å²) in [5, 5.41) is 16.1. The van der Waals surface area contributed by atoms with Gasteiger partial charge < -0.3 is 5.11 Å². The number of fused-ring (bicyclic) bond motifs is 1. The number of amides is 1. The Kier molecular flexibility index (Phi) is 3.94. The molecule has 124 valence electrons. The van der Waals surface area contributed by atoms with Crippen LogP contribution in [0.1, 0.15) is 23.5 Å². The first-order chi connectivity index (χ1) is 12.2. The van der Waals surface area contributed by atoms with Crippen molar-refractivity contribution in [1.29, 1.82) is 0 Å². The van der Waals surface area contributed by atoms with E-state index < -0.39 is 0 Å². The molecule has 0 saturated heterocycles. The molecule has 0 aromatic heterocycles. The number of phenols is 1. The van der Waals surface area contributed by atoms with Gasteiger partial charge in [0.15, 0.2) is 0 Å². The van der Waals surface area contributed by atoms with Crippen molar-refractivity contribution in [1.82, 2.24) is 5.43 Å². The van der Waals surface area contributed by atoms with Crippen molar-refractivity contribution in [2.75, 3.05) is 0 Å². The summed E-state index contributed by atoms with van der Waals surface area (Å²) in [5.74, 6) is 0.318. The number of aromatic hydroxyl groups is 1. The first-order valence-corrected chi connectivity index (χ1v) is 8.32. The molecular weight excluding hydrogens is 312 g/mol. The number of hydrazone groups is 1. The van der Waals surface area contributed by atoms with E-state index in [4.69, 9.17) is 0 Å². The monoisotopic (exact) mass is 330 g/mol. The van der Waals surface area contributed by atoms with Gasteiger partial charge in [-0.1, -0.05) is 60.7 Å². The van der Waals surface area contributed by atoms with E-state index in [-0.39, 0.29) is 23.5 Å². The van der Waals surface area contributed by atoms with E-state index >= 15 is 0 Å². The minimum absolute atomic E-state index is 0.0272. The highest BCUT2D eigenvalue weighted by molar-refractivity contribution is 6.02. The molecule has 0 radical (unpaired) electrons. The number of hydrogen-bond acceptors (Lipinski definition) is 3. The van der Waals surface area contributed by atoms with E-state index in [2.05, 4.69) is 22.7 Å². The SMILES string of the molecule is O=C(N/N=C/c1c(O)ccc2ccccc12)[C@H]1C[C@H]1c1ccccc1. The Labute approximate surface area is 145 Å². The smallest absolute Gasteiger partial charge is 0.243 e. The third kappa shape index (κ3) is 3.11. The van der Waals surface area contributed by atoms with Crippen molar-refractivity contribution in [3.8, 4) is 5.75 Å². The van der Waals surface area contributed by atoms with Gasteiger partial charge in [0.05, 0.1) is 6.21 Å². The molecule has 0 bridgehead atoms. The number of benzene rings is 3. The summed E-state index contributed by atoms with van der Waals surface area (Å²) in [4.78, 5) is 12.2. The van der Waals surface area contributed by atoms with Gasteiger partial charge in [0, 0.05) is 11.5 Å². The van der Waals surface area contributed by atoms with Crippen LogP contribution in [0.3, 0.4) is 0 Å². The lowest BCUT2D eigenvalue weighted by Gasteiger charge is -2.05. The van der Waals surface area contributed by atoms with Crippen molar-refractivity contribution >= 4 is 22.9 Å². The summed E-state index contributed by atoms with van der Waals surface area (Å²) in [6.45, 7) is 0. The fourth-order valence-corrected chi connectivity index (χ4v) is 3.22. The van der Waals surface area contributed by atoms with Gasteiger partial charge in [-0.05, 0) is 34.7 Å². The summed E-state index contributed by atoms with van der Waals surface area (Å²) in [5.41, 5.74) is 4.40.